The summed E-state index contributed by atoms with van der Waals surface area (Å²) in [6, 6.07) is 71.6. The number of furan rings is 2. The number of rotatable bonds is 7. The van der Waals surface area contributed by atoms with Crippen molar-refractivity contribution in [3.8, 4) is 11.8 Å². The molecular formula is C54H40Au2O2P2+2. The Morgan fingerprint density at radius 3 is 0.933 bits per heavy atom. The van der Waals surface area contributed by atoms with Gasteiger partial charge in [0.1, 0.15) is 34.7 Å². The van der Waals surface area contributed by atoms with Crippen LogP contribution in [0.25, 0.3) is 43.9 Å². The molecule has 2 heterocycles. The average molecular weight is 1180 g/mol. The van der Waals surface area contributed by atoms with E-state index < -0.39 is 15.8 Å². The molecule has 2 aromatic heterocycles. The topological polar surface area (TPSA) is 26.3 Å². The van der Waals surface area contributed by atoms with Crippen LogP contribution in [-0.2, 0) is 44.8 Å². The molecule has 0 N–H and O–H groups in total. The van der Waals surface area contributed by atoms with Gasteiger partial charge in [-0.3, -0.25) is 11.8 Å². The molecule has 0 atom stereocenters. The van der Waals surface area contributed by atoms with E-state index in [4.69, 9.17) is 21.7 Å². The molecule has 6 heteroatoms. The van der Waals surface area contributed by atoms with Crippen molar-refractivity contribution >= 4 is 80.9 Å². The van der Waals surface area contributed by atoms with Gasteiger partial charge in [0.25, 0.3) is 0 Å². The van der Waals surface area contributed by atoms with Crippen molar-refractivity contribution in [1.29, 1.82) is 0 Å². The molecule has 2 nitrogen and oxygen atoms in total. The van der Waals surface area contributed by atoms with Gasteiger partial charge in [-0.15, -0.1) is 35.4 Å². The quantitative estimate of drug-likeness (QED) is 0.0688. The van der Waals surface area contributed by atoms with E-state index in [1.54, 1.807) is 0 Å². The van der Waals surface area contributed by atoms with Crippen molar-refractivity contribution in [1.82, 2.24) is 0 Å². The molecule has 0 aliphatic carbocycles. The summed E-state index contributed by atoms with van der Waals surface area (Å²) in [5.41, 5.74) is 5.03. The van der Waals surface area contributed by atoms with Gasteiger partial charge in [0.2, 0.25) is 0 Å². The van der Waals surface area contributed by atoms with Crippen molar-refractivity contribution in [2.24, 2.45) is 0 Å². The maximum atomic E-state index is 7.10. The second kappa shape index (κ2) is 21.9. The molecule has 298 valence electrons. The third-order valence-electron chi connectivity index (χ3n) is 10.2. The first-order valence-electron chi connectivity index (χ1n) is 19.3. The standard InChI is InChI=1S/C26H24P2.2C14H7O.2Au/c1-5-13-23(14-6-1)27(24-15-7-2-8-16-24)21-22-28(25-17-9-3-10-18-25)26-19-11-4-12-20-26;2*1-2-10-7-8-14-12(9-10)11-5-3-4-6-13(11)15-14;;/h1-20H,21-22H2;2*3-9H;;/q;2*-1;2*+1/p+2. The Morgan fingerprint density at radius 1 is 0.333 bits per heavy atom. The zero-order chi connectivity index (χ0) is 39.5. The predicted molar refractivity (Wildman–Crippen MR) is 251 cm³/mol. The van der Waals surface area contributed by atoms with Crippen molar-refractivity contribution in [3.63, 3.8) is 0 Å². The normalized spacial score (nSPS) is 10.5. The summed E-state index contributed by atoms with van der Waals surface area (Å²) in [5, 5.41) is 10.3. The van der Waals surface area contributed by atoms with Crippen molar-refractivity contribution in [2.75, 3.05) is 12.3 Å². The van der Waals surface area contributed by atoms with E-state index in [0.29, 0.717) is 0 Å². The van der Waals surface area contributed by atoms with E-state index >= 15 is 0 Å². The van der Waals surface area contributed by atoms with Gasteiger partial charge in [0, 0.05) is 21.5 Å². The van der Waals surface area contributed by atoms with Gasteiger partial charge in [-0.1, -0.05) is 109 Å². The summed E-state index contributed by atoms with van der Waals surface area (Å²) in [6.45, 7) is 0. The molecule has 0 saturated carbocycles. The maximum Gasteiger partial charge on any atom is 1.00 e. The number of hydrogen-bond donors (Lipinski definition) is 0. The third kappa shape index (κ3) is 10.6. The molecule has 0 saturated heterocycles. The van der Waals surface area contributed by atoms with E-state index in [2.05, 4.69) is 133 Å². The Balaban J connectivity index is 0.000000160. The van der Waals surface area contributed by atoms with Crippen LogP contribution >= 0.6 is 15.8 Å². The summed E-state index contributed by atoms with van der Waals surface area (Å²) in [4.78, 5) is 0. The van der Waals surface area contributed by atoms with Gasteiger partial charge < -0.3 is 21.7 Å². The zero-order valence-electron chi connectivity index (χ0n) is 32.5. The first kappa shape index (κ1) is 44.4. The number of hydrogen-bond acceptors (Lipinski definition) is 2. The van der Waals surface area contributed by atoms with E-state index in [-0.39, 0.29) is 44.8 Å². The molecule has 60 heavy (non-hydrogen) atoms. The van der Waals surface area contributed by atoms with E-state index in [1.807, 2.05) is 84.9 Å². The van der Waals surface area contributed by atoms with Crippen molar-refractivity contribution in [3.05, 3.63) is 230 Å². The van der Waals surface area contributed by atoms with Gasteiger partial charge in [-0.2, -0.15) is 0 Å². The summed E-state index contributed by atoms with van der Waals surface area (Å²) in [5.74, 6) is 4.76. The average Bonchev–Trinajstić information content (AvgIpc) is 3.87. The fourth-order valence-electron chi connectivity index (χ4n) is 7.33. The first-order chi connectivity index (χ1) is 28.7. The van der Waals surface area contributed by atoms with Gasteiger partial charge in [-0.25, -0.2) is 0 Å². The molecule has 8 aromatic carbocycles. The summed E-state index contributed by atoms with van der Waals surface area (Å²) < 4.78 is 11.3. The van der Waals surface area contributed by atoms with Crippen LogP contribution in [0, 0.1) is 24.7 Å². The number of fused-ring (bicyclic) bond motifs is 6. The molecule has 0 spiro atoms. The SMILES string of the molecule is [Au+].[Au+].[C-]#Cc1ccc2oc3ccccc3c2c1.[C-]#Cc1ccc2oc3ccccc3c2c1.c1ccc([PH+](CC[PH+](c2ccccc2)c2ccccc2)c2ccccc2)cc1. The van der Waals surface area contributed by atoms with Crippen molar-refractivity contribution < 1.29 is 53.6 Å². The Labute approximate surface area is 385 Å². The van der Waals surface area contributed by atoms with Crippen LogP contribution < -0.4 is 21.2 Å². The molecule has 0 amide bonds. The van der Waals surface area contributed by atoms with Gasteiger partial charge in [0.05, 0.1) is 37.1 Å². The number of benzene rings is 8. The van der Waals surface area contributed by atoms with Crippen LogP contribution in [0.4, 0.5) is 0 Å². The first-order valence-corrected chi connectivity index (χ1v) is 22.7. The minimum Gasteiger partial charge on any atom is -0.456 e. The second-order valence-electron chi connectivity index (χ2n) is 13.8. The molecule has 0 aliphatic heterocycles. The Morgan fingerprint density at radius 2 is 0.617 bits per heavy atom. The molecule has 10 rings (SSSR count). The van der Waals surface area contributed by atoms with Crippen LogP contribution in [0.15, 0.2) is 215 Å². The van der Waals surface area contributed by atoms with Gasteiger partial charge in [-0.05, 0) is 72.8 Å². The zero-order valence-corrected chi connectivity index (χ0v) is 38.8. The molecule has 0 aliphatic rings. The minimum atomic E-state index is -0.783. The molecule has 10 aromatic rings. The van der Waals surface area contributed by atoms with E-state index in [9.17, 15) is 0 Å². The van der Waals surface area contributed by atoms with Crippen molar-refractivity contribution in [2.45, 2.75) is 0 Å². The monoisotopic (exact) mass is 1180 g/mol. The molecule has 0 fully saturated rings. The van der Waals surface area contributed by atoms with Gasteiger partial charge in [0.15, 0.2) is 0 Å². The Hall–Kier alpha value is -5.18. The Bertz CT molecular complexity index is 2700. The summed E-state index contributed by atoms with van der Waals surface area (Å²) in [7, 11) is -1.57. The molecular weight excluding hydrogens is 1140 g/mol. The second-order valence-corrected chi connectivity index (χ2v) is 19.0. The predicted octanol–water partition coefficient (Wildman–Crippen LogP) is 11.8. The minimum absolute atomic E-state index is 0. The molecule has 0 unspecified atom stereocenters. The smallest absolute Gasteiger partial charge is 0.456 e. The Kier molecular flexibility index (Phi) is 16.2. The van der Waals surface area contributed by atoms with Crippen LogP contribution in [0.3, 0.4) is 0 Å². The summed E-state index contributed by atoms with van der Waals surface area (Å²) >= 11 is 0. The fraction of sp³-hybridized carbons (Fsp3) is 0.0370. The van der Waals surface area contributed by atoms with Crippen LogP contribution in [0.1, 0.15) is 11.1 Å². The fourth-order valence-corrected chi connectivity index (χ4v) is 13.5. The summed E-state index contributed by atoms with van der Waals surface area (Å²) in [6.07, 6.45) is 16.7. The van der Waals surface area contributed by atoms with Crippen LogP contribution in [-0.4, -0.2) is 12.3 Å². The third-order valence-corrected chi connectivity index (χ3v) is 16.3. The van der Waals surface area contributed by atoms with E-state index in [0.717, 1.165) is 55.0 Å². The number of para-hydroxylation sites is 2. The molecule has 0 bridgehead atoms. The van der Waals surface area contributed by atoms with Crippen LogP contribution in [0.5, 0.6) is 0 Å². The largest absolute Gasteiger partial charge is 1.00 e. The maximum absolute atomic E-state index is 7.10. The van der Waals surface area contributed by atoms with E-state index in [1.165, 1.54) is 33.5 Å². The van der Waals surface area contributed by atoms with Gasteiger partial charge >= 0.3 is 44.8 Å². The van der Waals surface area contributed by atoms with Crippen LogP contribution in [0.2, 0.25) is 0 Å². The molecule has 0 radical (unpaired) electrons.